The monoisotopic (exact) mass is 263 g/mol. The third kappa shape index (κ3) is 2.21. The van der Waals surface area contributed by atoms with Gasteiger partial charge >= 0.3 is 0 Å². The van der Waals surface area contributed by atoms with Crippen LogP contribution in [0, 0.1) is 0 Å². The molecule has 0 fully saturated rings. The Morgan fingerprint density at radius 3 is 2.58 bits per heavy atom. The second-order valence-electron chi connectivity index (χ2n) is 4.43. The number of hydrogen-bond donors (Lipinski definition) is 0. The first-order valence-corrected chi connectivity index (χ1v) is 6.21. The highest BCUT2D eigenvalue weighted by atomic mass is 16.7. The molecule has 0 N–H and O–H groups in total. The van der Waals surface area contributed by atoms with Crippen LogP contribution in [0.1, 0.15) is 39.6 Å². The topological polar surface area (TPSA) is 55.8 Å². The summed E-state index contributed by atoms with van der Waals surface area (Å²) in [5.41, 5.74) is 1.73. The summed E-state index contributed by atoms with van der Waals surface area (Å²) >= 11 is 0. The maximum Gasteiger partial charge on any atom is 0.261 e. The minimum absolute atomic E-state index is 0.119. The Labute approximate surface area is 112 Å². The zero-order valence-electron chi connectivity index (χ0n) is 11.4. The third-order valence-electron chi connectivity index (χ3n) is 3.16. The van der Waals surface area contributed by atoms with Crippen LogP contribution in [0.15, 0.2) is 12.1 Å². The van der Waals surface area contributed by atoms with Gasteiger partial charge in [-0.2, -0.15) is 0 Å². The van der Waals surface area contributed by atoms with E-state index < -0.39 is 0 Å². The van der Waals surface area contributed by atoms with Crippen LogP contribution < -0.4 is 4.74 Å². The van der Waals surface area contributed by atoms with Gasteiger partial charge in [0.15, 0.2) is 6.79 Å². The van der Waals surface area contributed by atoms with Crippen molar-refractivity contribution in [2.24, 2.45) is 0 Å². The summed E-state index contributed by atoms with van der Waals surface area (Å²) in [6.45, 7) is 2.14. The Morgan fingerprint density at radius 1 is 1.21 bits per heavy atom. The van der Waals surface area contributed by atoms with Crippen LogP contribution in [-0.2, 0) is 11.2 Å². The van der Waals surface area contributed by atoms with Crippen molar-refractivity contribution in [3.8, 4) is 5.75 Å². The second kappa shape index (κ2) is 5.40. The molecule has 0 aromatic heterocycles. The van der Waals surface area contributed by atoms with Gasteiger partial charge in [-0.25, -0.2) is 0 Å². The summed E-state index contributed by atoms with van der Waals surface area (Å²) in [5.74, 6) is 0.0980. The van der Waals surface area contributed by atoms with E-state index in [2.05, 4.69) is 0 Å². The van der Waals surface area contributed by atoms with Crippen molar-refractivity contribution in [3.63, 3.8) is 0 Å². The van der Waals surface area contributed by atoms with Crippen molar-refractivity contribution in [2.75, 3.05) is 21.0 Å². The summed E-state index contributed by atoms with van der Waals surface area (Å²) in [7, 11) is 3.03. The Morgan fingerprint density at radius 2 is 1.95 bits per heavy atom. The van der Waals surface area contributed by atoms with Crippen molar-refractivity contribution in [1.29, 1.82) is 0 Å². The molecule has 19 heavy (non-hydrogen) atoms. The normalized spacial score (nSPS) is 13.9. The summed E-state index contributed by atoms with van der Waals surface area (Å²) in [5, 5.41) is 0. The zero-order chi connectivity index (χ0) is 14.0. The smallest absolute Gasteiger partial charge is 0.261 e. The standard InChI is InChI=1S/C14H17NO4/c1-4-5-9-11(19-8-18-3)7-6-10-12(9)14(17)15(2)13(10)16/h6-7H,4-5,8H2,1-3H3. The average Bonchev–Trinajstić information content (AvgIpc) is 2.63. The van der Waals surface area contributed by atoms with Gasteiger partial charge in [0, 0.05) is 19.7 Å². The molecule has 0 saturated heterocycles. The molecule has 1 aliphatic heterocycles. The van der Waals surface area contributed by atoms with Crippen LogP contribution >= 0.6 is 0 Å². The van der Waals surface area contributed by atoms with Crippen LogP contribution in [0.3, 0.4) is 0 Å². The molecule has 0 unspecified atom stereocenters. The SMILES string of the molecule is CCCc1c(OCOC)ccc2c1C(=O)N(C)C2=O. The summed E-state index contributed by atoms with van der Waals surface area (Å²) < 4.78 is 10.4. The fourth-order valence-electron chi connectivity index (χ4n) is 2.25. The predicted octanol–water partition coefficient (Wildman–Crippen LogP) is 1.85. The van der Waals surface area contributed by atoms with Crippen molar-refractivity contribution >= 4 is 11.8 Å². The molecule has 5 heteroatoms. The molecule has 1 aromatic carbocycles. The molecule has 0 radical (unpaired) electrons. The molecule has 0 bridgehead atoms. The fourth-order valence-corrected chi connectivity index (χ4v) is 2.25. The minimum Gasteiger partial charge on any atom is -0.467 e. The lowest BCUT2D eigenvalue weighted by Gasteiger charge is -2.13. The lowest BCUT2D eigenvalue weighted by atomic mass is 9.98. The maximum absolute atomic E-state index is 12.1. The van der Waals surface area contributed by atoms with E-state index in [9.17, 15) is 9.59 Å². The molecule has 0 atom stereocenters. The summed E-state index contributed by atoms with van der Waals surface area (Å²) in [6.07, 6.45) is 1.56. The Balaban J connectivity index is 2.52. The fraction of sp³-hybridized carbons (Fsp3) is 0.429. The van der Waals surface area contributed by atoms with Crippen molar-refractivity contribution in [1.82, 2.24) is 4.90 Å². The van der Waals surface area contributed by atoms with Crippen LogP contribution in [0.4, 0.5) is 0 Å². The molecule has 2 rings (SSSR count). The van der Waals surface area contributed by atoms with E-state index >= 15 is 0 Å². The Kier molecular flexibility index (Phi) is 3.85. The van der Waals surface area contributed by atoms with E-state index in [0.29, 0.717) is 23.3 Å². The van der Waals surface area contributed by atoms with Gasteiger partial charge in [0.05, 0.1) is 11.1 Å². The maximum atomic E-state index is 12.1. The van der Waals surface area contributed by atoms with E-state index in [1.165, 1.54) is 14.2 Å². The molecule has 0 saturated carbocycles. The largest absolute Gasteiger partial charge is 0.467 e. The number of hydrogen-bond acceptors (Lipinski definition) is 4. The van der Waals surface area contributed by atoms with Gasteiger partial charge < -0.3 is 9.47 Å². The number of nitrogens with zero attached hydrogens (tertiary/aromatic N) is 1. The van der Waals surface area contributed by atoms with Gasteiger partial charge in [-0.05, 0) is 18.6 Å². The van der Waals surface area contributed by atoms with Crippen LogP contribution in [0.25, 0.3) is 0 Å². The van der Waals surface area contributed by atoms with Crippen LogP contribution in [0.2, 0.25) is 0 Å². The van der Waals surface area contributed by atoms with E-state index in [1.807, 2.05) is 6.92 Å². The minimum atomic E-state index is -0.258. The molecule has 5 nitrogen and oxygen atoms in total. The number of fused-ring (bicyclic) bond motifs is 1. The molecule has 0 spiro atoms. The highest BCUT2D eigenvalue weighted by molar-refractivity contribution is 6.22. The second-order valence-corrected chi connectivity index (χ2v) is 4.43. The van der Waals surface area contributed by atoms with Gasteiger partial charge in [0.1, 0.15) is 5.75 Å². The zero-order valence-corrected chi connectivity index (χ0v) is 11.4. The Hall–Kier alpha value is -1.88. The first-order chi connectivity index (χ1) is 9.11. The number of amides is 2. The predicted molar refractivity (Wildman–Crippen MR) is 69.4 cm³/mol. The van der Waals surface area contributed by atoms with Gasteiger partial charge in [0.25, 0.3) is 11.8 Å². The van der Waals surface area contributed by atoms with Crippen LogP contribution in [0.5, 0.6) is 5.75 Å². The van der Waals surface area contributed by atoms with E-state index in [4.69, 9.17) is 9.47 Å². The number of methoxy groups -OCH3 is 1. The number of carbonyl (C=O) groups is 2. The lowest BCUT2D eigenvalue weighted by Crippen LogP contribution is -2.24. The molecule has 1 aliphatic rings. The number of imide groups is 1. The Bertz CT molecular complexity index is 524. The number of ether oxygens (including phenoxy) is 2. The molecule has 0 aliphatic carbocycles. The molecule has 2 amide bonds. The highest BCUT2D eigenvalue weighted by Gasteiger charge is 2.35. The average molecular weight is 263 g/mol. The number of rotatable bonds is 5. The quantitative estimate of drug-likeness (QED) is 0.601. The number of benzene rings is 1. The number of carbonyl (C=O) groups excluding carboxylic acids is 2. The molecular weight excluding hydrogens is 246 g/mol. The molecule has 102 valence electrons. The van der Waals surface area contributed by atoms with Gasteiger partial charge in [-0.15, -0.1) is 0 Å². The highest BCUT2D eigenvalue weighted by Crippen LogP contribution is 2.32. The summed E-state index contributed by atoms with van der Waals surface area (Å²) in [6, 6.07) is 3.37. The first-order valence-electron chi connectivity index (χ1n) is 6.21. The molecule has 1 heterocycles. The molecular formula is C14H17NO4. The van der Waals surface area contributed by atoms with E-state index in [1.54, 1.807) is 12.1 Å². The van der Waals surface area contributed by atoms with E-state index in [0.717, 1.165) is 16.9 Å². The van der Waals surface area contributed by atoms with Crippen molar-refractivity contribution in [2.45, 2.75) is 19.8 Å². The van der Waals surface area contributed by atoms with Crippen molar-refractivity contribution in [3.05, 3.63) is 28.8 Å². The lowest BCUT2D eigenvalue weighted by molar-refractivity contribution is 0.0502. The van der Waals surface area contributed by atoms with E-state index in [-0.39, 0.29) is 18.6 Å². The third-order valence-corrected chi connectivity index (χ3v) is 3.16. The van der Waals surface area contributed by atoms with Gasteiger partial charge in [-0.3, -0.25) is 14.5 Å². The van der Waals surface area contributed by atoms with Gasteiger partial charge in [0.2, 0.25) is 0 Å². The molecule has 1 aromatic rings. The first kappa shape index (κ1) is 13.5. The van der Waals surface area contributed by atoms with Gasteiger partial charge in [-0.1, -0.05) is 13.3 Å². The van der Waals surface area contributed by atoms with Crippen molar-refractivity contribution < 1.29 is 19.1 Å². The summed E-state index contributed by atoms with van der Waals surface area (Å²) in [4.78, 5) is 25.2. The van der Waals surface area contributed by atoms with Crippen LogP contribution in [-0.4, -0.2) is 37.7 Å².